The van der Waals surface area contributed by atoms with Crippen molar-refractivity contribution in [2.45, 2.75) is 58.8 Å². The van der Waals surface area contributed by atoms with E-state index in [0.717, 1.165) is 11.9 Å². The third-order valence-corrected chi connectivity index (χ3v) is 7.65. The van der Waals surface area contributed by atoms with Gasteiger partial charge in [-0.2, -0.15) is 5.10 Å². The molecule has 0 saturated carbocycles. The first-order valence-electron chi connectivity index (χ1n) is 13.1. The summed E-state index contributed by atoms with van der Waals surface area (Å²) in [5.74, 6) is 1.32. The summed E-state index contributed by atoms with van der Waals surface area (Å²) < 4.78 is 0. The highest BCUT2D eigenvalue weighted by atomic mass is 15.1. The molecule has 0 saturated heterocycles. The van der Waals surface area contributed by atoms with Crippen LogP contribution in [0.25, 0.3) is 44.0 Å². The van der Waals surface area contributed by atoms with Gasteiger partial charge in [0.15, 0.2) is 0 Å². The van der Waals surface area contributed by atoms with Crippen LogP contribution in [0.15, 0.2) is 66.9 Å². The average Bonchev–Trinajstić information content (AvgIpc) is 3.59. The van der Waals surface area contributed by atoms with Crippen molar-refractivity contribution in [3.05, 3.63) is 89.2 Å². The third-order valence-electron chi connectivity index (χ3n) is 7.65. The van der Waals surface area contributed by atoms with E-state index in [0.29, 0.717) is 17.8 Å². The van der Waals surface area contributed by atoms with E-state index < -0.39 is 0 Å². The molecule has 0 bridgehead atoms. The lowest BCUT2D eigenvalue weighted by Crippen LogP contribution is -1.98. The van der Waals surface area contributed by atoms with Crippen LogP contribution >= 0.6 is 0 Å². The van der Waals surface area contributed by atoms with Crippen LogP contribution in [0.5, 0.6) is 0 Å². The van der Waals surface area contributed by atoms with Crippen molar-refractivity contribution in [2.24, 2.45) is 0 Å². The van der Waals surface area contributed by atoms with Gasteiger partial charge in [0.25, 0.3) is 0 Å². The molecule has 3 heterocycles. The fraction of sp³-hybridized carbons (Fsp3) is 0.281. The zero-order valence-corrected chi connectivity index (χ0v) is 21.7. The summed E-state index contributed by atoms with van der Waals surface area (Å²) in [6.07, 6.45) is 2.94. The molecule has 0 aliphatic heterocycles. The molecule has 0 aliphatic carbocycles. The van der Waals surface area contributed by atoms with E-state index in [-0.39, 0.29) is 0 Å². The summed E-state index contributed by atoms with van der Waals surface area (Å²) in [4.78, 5) is 7.39. The van der Waals surface area contributed by atoms with Crippen molar-refractivity contribution < 1.29 is 0 Å². The molecular formula is C32H34N4. The average molecular weight is 475 g/mol. The lowest BCUT2D eigenvalue weighted by molar-refractivity contribution is 0.747. The Labute approximate surface area is 212 Å². The van der Waals surface area contributed by atoms with Crippen molar-refractivity contribution in [3.63, 3.8) is 0 Å². The monoisotopic (exact) mass is 474 g/mol. The number of nitrogens with one attached hydrogen (secondary N) is 3. The fourth-order valence-electron chi connectivity index (χ4n) is 5.79. The second kappa shape index (κ2) is 8.70. The summed E-state index contributed by atoms with van der Waals surface area (Å²) >= 11 is 0. The van der Waals surface area contributed by atoms with Crippen molar-refractivity contribution in [1.82, 2.24) is 20.2 Å². The smallest absolute Gasteiger partial charge is 0.0653 e. The van der Waals surface area contributed by atoms with Crippen molar-refractivity contribution in [3.8, 4) is 11.3 Å². The van der Waals surface area contributed by atoms with Gasteiger partial charge in [-0.15, -0.1) is 0 Å². The summed E-state index contributed by atoms with van der Waals surface area (Å²) in [6.45, 7) is 11.4. The zero-order chi connectivity index (χ0) is 25.0. The number of H-pyrrole nitrogens is 3. The largest absolute Gasteiger partial charge is 0.358 e. The predicted octanol–water partition coefficient (Wildman–Crippen LogP) is 8.79. The molecule has 4 heteroatoms. The maximum Gasteiger partial charge on any atom is 0.0653 e. The molecule has 0 fully saturated rings. The number of hydrogen-bond acceptors (Lipinski definition) is 1. The standard InChI is InChI=1S/C32H34N4/c1-18(2)24-7-6-8-28-26(24)16-23(34-28)13-20(5)21-9-10-22-15-31(35-30(22)14-21)25-11-12-29-27(17-33-36-29)32(25)19(3)4/h6-12,14-20,34-35H,13H2,1-5H3,(H,33,36). The van der Waals surface area contributed by atoms with Gasteiger partial charge < -0.3 is 9.97 Å². The molecule has 0 amide bonds. The molecule has 6 rings (SSSR count). The topological polar surface area (TPSA) is 60.3 Å². The number of aromatic amines is 3. The molecule has 0 radical (unpaired) electrons. The molecule has 0 spiro atoms. The van der Waals surface area contributed by atoms with Gasteiger partial charge in [-0.25, -0.2) is 0 Å². The Bertz CT molecular complexity index is 1690. The lowest BCUT2D eigenvalue weighted by atomic mass is 9.92. The minimum absolute atomic E-state index is 0.399. The Hall–Kier alpha value is -3.79. The Balaban J connectivity index is 1.32. The van der Waals surface area contributed by atoms with Gasteiger partial charge in [-0.05, 0) is 71.2 Å². The Morgan fingerprint density at radius 1 is 0.750 bits per heavy atom. The fourth-order valence-corrected chi connectivity index (χ4v) is 5.79. The number of hydrogen-bond donors (Lipinski definition) is 3. The van der Waals surface area contributed by atoms with E-state index in [1.807, 2.05) is 6.20 Å². The molecule has 1 unspecified atom stereocenters. The number of aromatic nitrogens is 4. The highest BCUT2D eigenvalue weighted by Crippen LogP contribution is 2.36. The van der Waals surface area contributed by atoms with E-state index in [9.17, 15) is 0 Å². The van der Waals surface area contributed by atoms with E-state index in [1.165, 1.54) is 60.8 Å². The Morgan fingerprint density at radius 2 is 1.61 bits per heavy atom. The van der Waals surface area contributed by atoms with Crippen molar-refractivity contribution >= 4 is 32.7 Å². The van der Waals surface area contributed by atoms with Crippen LogP contribution in [0.2, 0.25) is 0 Å². The first-order valence-corrected chi connectivity index (χ1v) is 13.1. The van der Waals surface area contributed by atoms with Gasteiger partial charge >= 0.3 is 0 Å². The Kier molecular flexibility index (Phi) is 5.48. The minimum Gasteiger partial charge on any atom is -0.358 e. The number of fused-ring (bicyclic) bond motifs is 3. The van der Waals surface area contributed by atoms with E-state index in [4.69, 9.17) is 0 Å². The highest BCUT2D eigenvalue weighted by molar-refractivity contribution is 5.93. The summed E-state index contributed by atoms with van der Waals surface area (Å²) in [5, 5.41) is 11.2. The van der Waals surface area contributed by atoms with Crippen LogP contribution in [0.4, 0.5) is 0 Å². The summed E-state index contributed by atoms with van der Waals surface area (Å²) in [5.41, 5.74) is 11.3. The molecule has 182 valence electrons. The molecule has 3 aromatic heterocycles. The number of nitrogens with zero attached hydrogens (tertiary/aromatic N) is 1. The molecule has 0 aliphatic rings. The van der Waals surface area contributed by atoms with Crippen LogP contribution in [-0.4, -0.2) is 20.2 Å². The molecule has 1 atom stereocenters. The van der Waals surface area contributed by atoms with Gasteiger partial charge in [0.05, 0.1) is 11.7 Å². The lowest BCUT2D eigenvalue weighted by Gasteiger charge is -2.13. The first kappa shape index (κ1) is 22.7. The molecular weight excluding hydrogens is 440 g/mol. The molecule has 4 nitrogen and oxygen atoms in total. The van der Waals surface area contributed by atoms with Crippen LogP contribution in [0.1, 0.15) is 74.8 Å². The van der Waals surface area contributed by atoms with Crippen molar-refractivity contribution in [1.29, 1.82) is 0 Å². The zero-order valence-electron chi connectivity index (χ0n) is 21.7. The maximum atomic E-state index is 4.28. The van der Waals surface area contributed by atoms with Gasteiger partial charge in [0.2, 0.25) is 0 Å². The van der Waals surface area contributed by atoms with Crippen molar-refractivity contribution in [2.75, 3.05) is 0 Å². The SMILES string of the molecule is CC(C)c1cccc2[nH]c(CC(C)c3ccc4cc(-c5ccc6[nH]ncc6c5C(C)C)[nH]c4c3)cc12. The predicted molar refractivity (Wildman–Crippen MR) is 152 cm³/mol. The van der Waals surface area contributed by atoms with Crippen LogP contribution in [0.3, 0.4) is 0 Å². The van der Waals surface area contributed by atoms with E-state index in [1.54, 1.807) is 0 Å². The van der Waals surface area contributed by atoms with Gasteiger partial charge in [0.1, 0.15) is 0 Å². The second-order valence-electron chi connectivity index (χ2n) is 10.9. The van der Waals surface area contributed by atoms with Gasteiger partial charge in [-0.3, -0.25) is 5.10 Å². The molecule has 3 aromatic carbocycles. The van der Waals surface area contributed by atoms with E-state index >= 15 is 0 Å². The minimum atomic E-state index is 0.399. The first-order chi connectivity index (χ1) is 17.4. The second-order valence-corrected chi connectivity index (χ2v) is 10.9. The summed E-state index contributed by atoms with van der Waals surface area (Å²) in [6, 6.07) is 22.5. The number of rotatable bonds is 6. The summed E-state index contributed by atoms with van der Waals surface area (Å²) in [7, 11) is 0. The van der Waals surface area contributed by atoms with Gasteiger partial charge in [-0.1, -0.05) is 65.0 Å². The van der Waals surface area contributed by atoms with Crippen LogP contribution < -0.4 is 0 Å². The highest BCUT2D eigenvalue weighted by Gasteiger charge is 2.17. The van der Waals surface area contributed by atoms with Crippen LogP contribution in [0, 0.1) is 0 Å². The molecule has 3 N–H and O–H groups in total. The number of benzene rings is 3. The maximum absolute atomic E-state index is 4.28. The van der Waals surface area contributed by atoms with E-state index in [2.05, 4.69) is 115 Å². The normalized spacial score (nSPS) is 13.1. The Morgan fingerprint density at radius 3 is 2.42 bits per heavy atom. The molecule has 36 heavy (non-hydrogen) atoms. The van der Waals surface area contributed by atoms with Crippen LogP contribution in [-0.2, 0) is 6.42 Å². The van der Waals surface area contributed by atoms with Gasteiger partial charge in [0, 0.05) is 44.1 Å². The quantitative estimate of drug-likeness (QED) is 0.222. The third kappa shape index (κ3) is 3.81. The molecule has 6 aromatic rings.